The summed E-state index contributed by atoms with van der Waals surface area (Å²) in [6.07, 6.45) is 0. The number of fused-ring (bicyclic) bond motifs is 1. The predicted molar refractivity (Wildman–Crippen MR) is 81.2 cm³/mol. The average Bonchev–Trinajstić information content (AvgIpc) is 2.47. The van der Waals surface area contributed by atoms with Crippen molar-refractivity contribution in [1.29, 1.82) is 0 Å². The van der Waals surface area contributed by atoms with Crippen molar-refractivity contribution in [3.05, 3.63) is 58.9 Å². The van der Waals surface area contributed by atoms with Gasteiger partial charge in [0.25, 0.3) is 5.56 Å². The van der Waals surface area contributed by atoms with Gasteiger partial charge in [0.05, 0.1) is 11.1 Å². The zero-order valence-electron chi connectivity index (χ0n) is 11.0. The fourth-order valence-electron chi connectivity index (χ4n) is 1.97. The van der Waals surface area contributed by atoms with Crippen molar-refractivity contribution >= 4 is 22.6 Å². The molecule has 104 valence electrons. The van der Waals surface area contributed by atoms with Gasteiger partial charge in [-0.25, -0.2) is 4.99 Å². The van der Waals surface area contributed by atoms with Crippen LogP contribution in [0.25, 0.3) is 22.4 Å². The minimum Gasteiger partial charge on any atom is -0.437 e. The van der Waals surface area contributed by atoms with E-state index < -0.39 is 0 Å². The lowest BCUT2D eigenvalue weighted by Crippen LogP contribution is -2.21. The minimum absolute atomic E-state index is 0.0611. The highest BCUT2D eigenvalue weighted by molar-refractivity contribution is 5.83. The molecule has 4 N–H and O–H groups in total. The number of aromatic nitrogens is 1. The number of nitrogens with two attached hydrogens (primary N) is 2. The van der Waals surface area contributed by atoms with Crippen molar-refractivity contribution in [2.45, 2.75) is 0 Å². The van der Waals surface area contributed by atoms with Gasteiger partial charge in [-0.15, -0.1) is 0 Å². The van der Waals surface area contributed by atoms with E-state index in [1.807, 2.05) is 30.3 Å². The van der Waals surface area contributed by atoms with Gasteiger partial charge >= 0.3 is 0 Å². The molecular formula is C15H12N4O2. The summed E-state index contributed by atoms with van der Waals surface area (Å²) >= 11 is 0. The summed E-state index contributed by atoms with van der Waals surface area (Å²) in [5.74, 6) is 0.198. The Balaban J connectivity index is 2.22. The monoisotopic (exact) mass is 280 g/mol. The van der Waals surface area contributed by atoms with E-state index in [1.165, 1.54) is 0 Å². The van der Waals surface area contributed by atoms with Gasteiger partial charge < -0.3 is 15.9 Å². The summed E-state index contributed by atoms with van der Waals surface area (Å²) in [6.45, 7) is 0. The summed E-state index contributed by atoms with van der Waals surface area (Å²) in [5.41, 5.74) is 12.0. The van der Waals surface area contributed by atoms with E-state index in [0.717, 1.165) is 5.56 Å². The molecule has 3 aromatic rings. The normalized spacial score (nSPS) is 10.5. The molecule has 1 aromatic heterocycles. The third-order valence-corrected chi connectivity index (χ3v) is 2.88. The third-order valence-electron chi connectivity index (χ3n) is 2.88. The van der Waals surface area contributed by atoms with Crippen molar-refractivity contribution in [3.63, 3.8) is 0 Å². The molecule has 6 nitrogen and oxygen atoms in total. The molecule has 0 saturated heterocycles. The Bertz CT molecular complexity index is 881. The lowest BCUT2D eigenvalue weighted by molar-refractivity contribution is 0.595. The second-order valence-electron chi connectivity index (χ2n) is 4.41. The van der Waals surface area contributed by atoms with Gasteiger partial charge in [0.2, 0.25) is 5.89 Å². The highest BCUT2D eigenvalue weighted by atomic mass is 16.3. The van der Waals surface area contributed by atoms with E-state index in [4.69, 9.17) is 15.9 Å². The van der Waals surface area contributed by atoms with Crippen molar-refractivity contribution in [3.8, 4) is 11.5 Å². The molecule has 0 unspecified atom stereocenters. The van der Waals surface area contributed by atoms with E-state index in [9.17, 15) is 4.79 Å². The fourth-order valence-corrected chi connectivity index (χ4v) is 1.97. The zero-order valence-corrected chi connectivity index (χ0v) is 11.0. The smallest absolute Gasteiger partial charge is 0.284 e. The molecule has 0 radical (unpaired) electrons. The number of guanidine groups is 1. The Kier molecular flexibility index (Phi) is 3.12. The minimum atomic E-state index is -0.355. The lowest BCUT2D eigenvalue weighted by Gasteiger charge is -2.02. The van der Waals surface area contributed by atoms with Gasteiger partial charge in [0, 0.05) is 11.6 Å². The number of nitrogens with zero attached hydrogens (tertiary/aromatic N) is 2. The molecule has 0 aliphatic rings. The summed E-state index contributed by atoms with van der Waals surface area (Å²) in [4.78, 5) is 19.9. The second kappa shape index (κ2) is 5.09. The maximum absolute atomic E-state index is 12.1. The summed E-state index contributed by atoms with van der Waals surface area (Å²) in [5, 5.41) is 0.379. The molecule has 21 heavy (non-hydrogen) atoms. The molecule has 3 rings (SSSR count). The second-order valence-corrected chi connectivity index (χ2v) is 4.41. The number of hydrogen-bond donors (Lipinski definition) is 2. The summed E-state index contributed by atoms with van der Waals surface area (Å²) < 4.78 is 5.69. The molecule has 0 aliphatic carbocycles. The standard InChI is InChI=1S/C15H12N4O2/c16-15(17)18-10-6-7-11-12(8-10)21-14(19-13(11)20)9-4-2-1-3-5-9/h1-8H,(H4,16,17,18). The third kappa shape index (κ3) is 2.59. The number of hydrogen-bond acceptors (Lipinski definition) is 4. The van der Waals surface area contributed by atoms with Gasteiger partial charge in [-0.1, -0.05) is 18.2 Å². The summed E-state index contributed by atoms with van der Waals surface area (Å²) in [6, 6.07) is 14.0. The van der Waals surface area contributed by atoms with Crippen molar-refractivity contribution in [1.82, 2.24) is 4.98 Å². The molecule has 0 aliphatic heterocycles. The Morgan fingerprint density at radius 3 is 2.57 bits per heavy atom. The Labute approximate surface area is 119 Å². The van der Waals surface area contributed by atoms with Gasteiger partial charge in [-0.05, 0) is 24.3 Å². The molecule has 0 fully saturated rings. The molecule has 0 saturated carbocycles. The maximum Gasteiger partial charge on any atom is 0.284 e. The van der Waals surface area contributed by atoms with Crippen LogP contribution in [0.15, 0.2) is 62.7 Å². The highest BCUT2D eigenvalue weighted by Crippen LogP contribution is 2.23. The molecule has 0 atom stereocenters. The van der Waals surface area contributed by atoms with Crippen LogP contribution in [0.5, 0.6) is 0 Å². The van der Waals surface area contributed by atoms with Crippen LogP contribution in [-0.4, -0.2) is 10.9 Å². The van der Waals surface area contributed by atoms with Crippen molar-refractivity contribution in [2.24, 2.45) is 16.5 Å². The van der Waals surface area contributed by atoms with Crippen molar-refractivity contribution in [2.75, 3.05) is 0 Å². The van der Waals surface area contributed by atoms with Crippen LogP contribution in [-0.2, 0) is 0 Å². The van der Waals surface area contributed by atoms with Crippen LogP contribution >= 0.6 is 0 Å². The SMILES string of the molecule is NC(N)=Nc1ccc2c(=O)nc(-c3ccccc3)oc2c1. The van der Waals surface area contributed by atoms with E-state index in [-0.39, 0.29) is 17.4 Å². The Morgan fingerprint density at radius 1 is 1.10 bits per heavy atom. The first-order valence-electron chi connectivity index (χ1n) is 6.23. The highest BCUT2D eigenvalue weighted by Gasteiger charge is 2.08. The van der Waals surface area contributed by atoms with E-state index in [0.29, 0.717) is 16.7 Å². The van der Waals surface area contributed by atoms with Crippen LogP contribution in [0.1, 0.15) is 0 Å². The largest absolute Gasteiger partial charge is 0.437 e. The lowest BCUT2D eigenvalue weighted by atomic mass is 10.2. The molecule has 0 amide bonds. The van der Waals surface area contributed by atoms with Gasteiger partial charge in [-0.3, -0.25) is 4.79 Å². The van der Waals surface area contributed by atoms with Crippen LogP contribution in [0.4, 0.5) is 5.69 Å². The van der Waals surface area contributed by atoms with Crippen LogP contribution in [0, 0.1) is 0 Å². The van der Waals surface area contributed by atoms with Crippen molar-refractivity contribution < 1.29 is 4.42 Å². The first kappa shape index (κ1) is 12.9. The zero-order chi connectivity index (χ0) is 14.8. The number of rotatable bonds is 2. The van der Waals surface area contributed by atoms with Gasteiger partial charge in [0.1, 0.15) is 5.58 Å². The molecule has 2 aromatic carbocycles. The first-order chi connectivity index (χ1) is 10.1. The first-order valence-corrected chi connectivity index (χ1v) is 6.23. The van der Waals surface area contributed by atoms with E-state index >= 15 is 0 Å². The molecule has 0 spiro atoms. The molecular weight excluding hydrogens is 268 g/mol. The number of aliphatic imine (C=N–C) groups is 1. The fraction of sp³-hybridized carbons (Fsp3) is 0. The van der Waals surface area contributed by atoms with Gasteiger partial charge in [0.15, 0.2) is 5.96 Å². The maximum atomic E-state index is 12.1. The quantitative estimate of drug-likeness (QED) is 0.549. The summed E-state index contributed by atoms with van der Waals surface area (Å²) in [7, 11) is 0. The number of benzene rings is 2. The Hall–Kier alpha value is -3.15. The molecule has 1 heterocycles. The van der Waals surface area contributed by atoms with Crippen LogP contribution in [0.3, 0.4) is 0 Å². The van der Waals surface area contributed by atoms with Crippen LogP contribution in [0.2, 0.25) is 0 Å². The topological polar surface area (TPSA) is 108 Å². The average molecular weight is 280 g/mol. The predicted octanol–water partition coefficient (Wildman–Crippen LogP) is 1.76. The Morgan fingerprint density at radius 2 is 1.86 bits per heavy atom. The molecule has 0 bridgehead atoms. The van der Waals surface area contributed by atoms with Gasteiger partial charge in [-0.2, -0.15) is 4.98 Å². The molecule has 6 heteroatoms. The van der Waals surface area contributed by atoms with E-state index in [1.54, 1.807) is 18.2 Å². The van der Waals surface area contributed by atoms with E-state index in [2.05, 4.69) is 9.98 Å². The van der Waals surface area contributed by atoms with Crippen LogP contribution < -0.4 is 17.0 Å².